The largest absolute Gasteiger partial charge is 0.457 e. The summed E-state index contributed by atoms with van der Waals surface area (Å²) in [6.45, 7) is 2.10. The van der Waals surface area contributed by atoms with Crippen LogP contribution < -0.4 is 4.90 Å². The number of furan rings is 1. The molecule has 162 valence electrons. The van der Waals surface area contributed by atoms with Gasteiger partial charge >= 0.3 is 0 Å². The normalized spacial score (nSPS) is 15.8. The van der Waals surface area contributed by atoms with Crippen molar-refractivity contribution in [3.05, 3.63) is 80.4 Å². The summed E-state index contributed by atoms with van der Waals surface area (Å²) in [5.41, 5.74) is 1.24. The first-order valence-corrected chi connectivity index (χ1v) is 11.5. The Morgan fingerprint density at radius 1 is 1.03 bits per heavy atom. The second-order valence-electron chi connectivity index (χ2n) is 6.84. The fraction of sp³-hybridized carbons (Fsp3) is 0.0870. The predicted molar refractivity (Wildman–Crippen MR) is 134 cm³/mol. The van der Waals surface area contributed by atoms with E-state index in [9.17, 15) is 9.59 Å². The standard InChI is InChI=1S/C23H15BrCl2N2O3S/c1-2-27-21(29)17(22(30)28(23(27)32)15-6-4-14(25)5-7-15)12-16-8-10-20(31-16)13-3-9-18(24)19(26)11-13/h3-12H,2H2,1H3/b17-12+. The maximum Gasteiger partial charge on any atom is 0.270 e. The molecule has 1 aliphatic heterocycles. The zero-order valence-electron chi connectivity index (χ0n) is 16.6. The maximum absolute atomic E-state index is 13.3. The Bertz CT molecular complexity index is 1270. The van der Waals surface area contributed by atoms with Crippen molar-refractivity contribution in [3.63, 3.8) is 0 Å². The van der Waals surface area contributed by atoms with Gasteiger partial charge in [-0.25, -0.2) is 0 Å². The Balaban J connectivity index is 1.72. The lowest BCUT2D eigenvalue weighted by atomic mass is 10.1. The van der Waals surface area contributed by atoms with Crippen LogP contribution in [0.15, 0.2) is 69.1 Å². The molecule has 9 heteroatoms. The summed E-state index contributed by atoms with van der Waals surface area (Å²) in [5, 5.41) is 1.19. The molecule has 4 rings (SSSR count). The zero-order valence-corrected chi connectivity index (χ0v) is 20.6. The van der Waals surface area contributed by atoms with E-state index < -0.39 is 11.8 Å². The number of hydrogen-bond acceptors (Lipinski definition) is 4. The van der Waals surface area contributed by atoms with Crippen molar-refractivity contribution in [3.8, 4) is 11.3 Å². The number of carbonyl (C=O) groups excluding carboxylic acids is 2. The average Bonchev–Trinajstić information content (AvgIpc) is 3.23. The molecule has 0 saturated carbocycles. The predicted octanol–water partition coefficient (Wildman–Crippen LogP) is 6.58. The Labute approximate surface area is 208 Å². The molecule has 2 amide bonds. The maximum atomic E-state index is 13.3. The van der Waals surface area contributed by atoms with Gasteiger partial charge in [-0.05, 0) is 89.7 Å². The minimum atomic E-state index is -0.531. The number of anilines is 1. The van der Waals surface area contributed by atoms with Crippen LogP contribution in [0.2, 0.25) is 10.0 Å². The van der Waals surface area contributed by atoms with Crippen molar-refractivity contribution < 1.29 is 14.0 Å². The van der Waals surface area contributed by atoms with Crippen LogP contribution in [0.4, 0.5) is 5.69 Å². The van der Waals surface area contributed by atoms with Crippen LogP contribution in [-0.4, -0.2) is 28.4 Å². The summed E-state index contributed by atoms with van der Waals surface area (Å²) in [5.74, 6) is -0.0935. The molecule has 1 saturated heterocycles. The Morgan fingerprint density at radius 3 is 2.41 bits per heavy atom. The highest BCUT2D eigenvalue weighted by molar-refractivity contribution is 9.10. The molecule has 1 aliphatic rings. The Morgan fingerprint density at radius 2 is 1.75 bits per heavy atom. The third-order valence-electron chi connectivity index (χ3n) is 4.85. The highest BCUT2D eigenvalue weighted by Gasteiger charge is 2.39. The number of amides is 2. The lowest BCUT2D eigenvalue weighted by Crippen LogP contribution is -2.56. The smallest absolute Gasteiger partial charge is 0.270 e. The third-order valence-corrected chi connectivity index (χ3v) is 6.74. The summed E-state index contributed by atoms with van der Waals surface area (Å²) in [6.07, 6.45) is 1.43. The molecule has 2 aromatic carbocycles. The van der Waals surface area contributed by atoms with Gasteiger partial charge in [0.25, 0.3) is 11.8 Å². The molecule has 0 bridgehead atoms. The van der Waals surface area contributed by atoms with Crippen molar-refractivity contribution in [2.75, 3.05) is 11.4 Å². The van der Waals surface area contributed by atoms with E-state index in [1.54, 1.807) is 49.4 Å². The molecule has 2 heterocycles. The topological polar surface area (TPSA) is 53.8 Å². The van der Waals surface area contributed by atoms with Crippen molar-refractivity contribution in [1.29, 1.82) is 0 Å². The molecule has 0 radical (unpaired) electrons. The number of likely N-dealkylation sites (N-methyl/N-ethyl adjacent to an activating group) is 1. The third kappa shape index (κ3) is 4.26. The molecular weight excluding hydrogens is 535 g/mol. The van der Waals surface area contributed by atoms with Crippen molar-refractivity contribution in [1.82, 2.24) is 4.90 Å². The minimum Gasteiger partial charge on any atom is -0.457 e. The van der Waals surface area contributed by atoms with Crippen LogP contribution in [0, 0.1) is 0 Å². The van der Waals surface area contributed by atoms with Crippen molar-refractivity contribution in [2.45, 2.75) is 6.92 Å². The van der Waals surface area contributed by atoms with Gasteiger partial charge in [0.2, 0.25) is 0 Å². The zero-order chi connectivity index (χ0) is 23.0. The molecule has 32 heavy (non-hydrogen) atoms. The second kappa shape index (κ2) is 9.19. The number of benzene rings is 2. The molecule has 0 spiro atoms. The molecular formula is C23H15BrCl2N2O3S. The van der Waals surface area contributed by atoms with E-state index in [2.05, 4.69) is 15.9 Å². The van der Waals surface area contributed by atoms with Gasteiger partial charge in [-0.3, -0.25) is 19.4 Å². The summed E-state index contributed by atoms with van der Waals surface area (Å²) >= 11 is 20.9. The summed E-state index contributed by atoms with van der Waals surface area (Å²) in [4.78, 5) is 29.0. The molecule has 1 aromatic heterocycles. The average molecular weight is 550 g/mol. The number of carbonyl (C=O) groups is 2. The van der Waals surface area contributed by atoms with Crippen LogP contribution in [0.1, 0.15) is 12.7 Å². The molecule has 5 nitrogen and oxygen atoms in total. The van der Waals surface area contributed by atoms with Gasteiger partial charge in [-0.2, -0.15) is 0 Å². The van der Waals surface area contributed by atoms with E-state index in [1.807, 2.05) is 12.1 Å². The van der Waals surface area contributed by atoms with E-state index in [-0.39, 0.29) is 10.7 Å². The molecule has 3 aromatic rings. The van der Waals surface area contributed by atoms with Gasteiger partial charge < -0.3 is 4.42 Å². The number of hydrogen-bond donors (Lipinski definition) is 0. The minimum absolute atomic E-state index is 0.0508. The first-order valence-electron chi connectivity index (χ1n) is 9.53. The number of thiocarbonyl (C=S) groups is 1. The summed E-state index contributed by atoms with van der Waals surface area (Å²) in [6, 6.07) is 15.5. The highest BCUT2D eigenvalue weighted by Crippen LogP contribution is 2.31. The van der Waals surface area contributed by atoms with Gasteiger partial charge in [0.15, 0.2) is 5.11 Å². The lowest BCUT2D eigenvalue weighted by Gasteiger charge is -2.35. The monoisotopic (exact) mass is 548 g/mol. The van der Waals surface area contributed by atoms with Crippen molar-refractivity contribution >= 4 is 80.0 Å². The lowest BCUT2D eigenvalue weighted by molar-refractivity contribution is -0.127. The van der Waals surface area contributed by atoms with E-state index >= 15 is 0 Å². The van der Waals surface area contributed by atoms with Gasteiger partial charge in [0.05, 0.1) is 10.7 Å². The van der Waals surface area contributed by atoms with Crippen LogP contribution >= 0.6 is 51.3 Å². The fourth-order valence-corrected chi connectivity index (χ4v) is 4.20. The number of halogens is 3. The van der Waals surface area contributed by atoms with Gasteiger partial charge in [-0.1, -0.05) is 29.3 Å². The van der Waals surface area contributed by atoms with Crippen molar-refractivity contribution in [2.24, 2.45) is 0 Å². The van der Waals surface area contributed by atoms with Crippen LogP contribution in [-0.2, 0) is 9.59 Å². The molecule has 0 atom stereocenters. The summed E-state index contributed by atoms with van der Waals surface area (Å²) < 4.78 is 6.65. The highest BCUT2D eigenvalue weighted by atomic mass is 79.9. The quantitative estimate of drug-likeness (QED) is 0.209. The van der Waals surface area contributed by atoms with Crippen LogP contribution in [0.5, 0.6) is 0 Å². The first-order chi connectivity index (χ1) is 15.3. The fourth-order valence-electron chi connectivity index (χ4n) is 3.25. The Hall–Kier alpha value is -2.45. The van der Waals surface area contributed by atoms with E-state index in [1.165, 1.54) is 15.9 Å². The van der Waals surface area contributed by atoms with Crippen LogP contribution in [0.3, 0.4) is 0 Å². The summed E-state index contributed by atoms with van der Waals surface area (Å²) in [7, 11) is 0. The van der Waals surface area contributed by atoms with Crippen LogP contribution in [0.25, 0.3) is 17.4 Å². The Kier molecular flexibility index (Phi) is 6.53. The molecule has 0 unspecified atom stereocenters. The second-order valence-corrected chi connectivity index (χ2v) is 8.90. The van der Waals surface area contributed by atoms with E-state index in [0.29, 0.717) is 33.8 Å². The van der Waals surface area contributed by atoms with E-state index in [4.69, 9.17) is 39.8 Å². The van der Waals surface area contributed by atoms with Gasteiger partial charge in [0, 0.05) is 21.6 Å². The molecule has 1 fully saturated rings. The first kappa shape index (κ1) is 22.7. The molecule has 0 N–H and O–H groups in total. The number of rotatable bonds is 4. The van der Waals surface area contributed by atoms with Gasteiger partial charge in [0.1, 0.15) is 17.1 Å². The number of nitrogens with zero attached hydrogens (tertiary/aromatic N) is 2. The van der Waals surface area contributed by atoms with E-state index in [0.717, 1.165) is 10.0 Å². The molecule has 0 aliphatic carbocycles. The SMILES string of the molecule is CCN1C(=O)/C(=C\c2ccc(-c3ccc(Br)c(Cl)c3)o2)C(=O)N(c2ccc(Cl)cc2)C1=S. The van der Waals surface area contributed by atoms with Gasteiger partial charge in [-0.15, -0.1) is 0 Å².